The van der Waals surface area contributed by atoms with Crippen molar-refractivity contribution < 1.29 is 4.39 Å². The van der Waals surface area contributed by atoms with Crippen molar-refractivity contribution in [2.75, 3.05) is 0 Å². The molecule has 21 heavy (non-hydrogen) atoms. The van der Waals surface area contributed by atoms with E-state index in [4.69, 9.17) is 23.2 Å². The lowest BCUT2D eigenvalue weighted by molar-refractivity contribution is 0.621. The van der Waals surface area contributed by atoms with Crippen molar-refractivity contribution in [3.63, 3.8) is 0 Å². The Bertz CT molecular complexity index is 783. The van der Waals surface area contributed by atoms with Crippen LogP contribution >= 0.6 is 23.2 Å². The topological polar surface area (TPSA) is 17.8 Å². The van der Waals surface area contributed by atoms with Crippen molar-refractivity contribution in [1.29, 1.82) is 0 Å². The first kappa shape index (κ1) is 14.4. The van der Waals surface area contributed by atoms with Crippen LogP contribution in [0.1, 0.15) is 11.4 Å². The number of rotatable bonds is 4. The van der Waals surface area contributed by atoms with Crippen LogP contribution in [-0.4, -0.2) is 9.55 Å². The molecule has 2 aromatic carbocycles. The van der Waals surface area contributed by atoms with E-state index >= 15 is 0 Å². The van der Waals surface area contributed by atoms with Crippen LogP contribution in [0.3, 0.4) is 0 Å². The number of imidazole rings is 1. The van der Waals surface area contributed by atoms with E-state index in [1.165, 1.54) is 6.07 Å². The second-order valence-electron chi connectivity index (χ2n) is 4.80. The molecule has 0 N–H and O–H groups in total. The molecule has 0 aliphatic rings. The average molecular weight is 323 g/mol. The summed E-state index contributed by atoms with van der Waals surface area (Å²) in [4.78, 5) is 4.49. The molecule has 0 aliphatic heterocycles. The smallest absolute Gasteiger partial charge is 0.124 e. The Balaban J connectivity index is 1.96. The number of aryl methyl sites for hydroxylation is 2. The lowest BCUT2D eigenvalue weighted by Crippen LogP contribution is -2.05. The monoisotopic (exact) mass is 322 g/mol. The van der Waals surface area contributed by atoms with Crippen molar-refractivity contribution in [2.24, 2.45) is 0 Å². The highest BCUT2D eigenvalue weighted by atomic mass is 35.5. The third-order valence-corrected chi connectivity index (χ3v) is 3.97. The van der Waals surface area contributed by atoms with Gasteiger partial charge in [0.05, 0.1) is 21.9 Å². The highest BCUT2D eigenvalue weighted by Gasteiger charge is 2.12. The number of hydrogen-bond acceptors (Lipinski definition) is 1. The molecule has 3 rings (SSSR count). The van der Waals surface area contributed by atoms with Gasteiger partial charge in [-0.15, -0.1) is 11.6 Å². The van der Waals surface area contributed by atoms with Crippen LogP contribution in [0, 0.1) is 5.82 Å². The molecule has 3 aromatic rings. The molecule has 108 valence electrons. The first-order chi connectivity index (χ1) is 10.2. The van der Waals surface area contributed by atoms with Gasteiger partial charge in [-0.2, -0.15) is 0 Å². The quantitative estimate of drug-likeness (QED) is 0.630. The van der Waals surface area contributed by atoms with Crippen LogP contribution in [0.2, 0.25) is 5.02 Å². The number of para-hydroxylation sites is 1. The Morgan fingerprint density at radius 3 is 2.71 bits per heavy atom. The number of hydrogen-bond donors (Lipinski definition) is 0. The molecule has 5 heteroatoms. The molecule has 1 aromatic heterocycles. The van der Waals surface area contributed by atoms with Crippen LogP contribution in [0.5, 0.6) is 0 Å². The van der Waals surface area contributed by atoms with Crippen LogP contribution in [0.4, 0.5) is 4.39 Å². The number of fused-ring (bicyclic) bond motifs is 1. The SMILES string of the molecule is Fc1cccc(CCn2c(CCl)nc3cccc(Cl)c32)c1. The van der Waals surface area contributed by atoms with E-state index in [2.05, 4.69) is 4.98 Å². The van der Waals surface area contributed by atoms with Crippen molar-refractivity contribution in [2.45, 2.75) is 18.8 Å². The van der Waals surface area contributed by atoms with E-state index in [1.807, 2.05) is 28.8 Å². The lowest BCUT2D eigenvalue weighted by atomic mass is 10.1. The van der Waals surface area contributed by atoms with Crippen LogP contribution in [0.25, 0.3) is 11.0 Å². The predicted molar refractivity (Wildman–Crippen MR) is 84.4 cm³/mol. The minimum absolute atomic E-state index is 0.224. The van der Waals surface area contributed by atoms with Gasteiger partial charge in [0.1, 0.15) is 11.6 Å². The maximum Gasteiger partial charge on any atom is 0.124 e. The molecular formula is C16H13Cl2FN2. The Morgan fingerprint density at radius 1 is 1.14 bits per heavy atom. The van der Waals surface area contributed by atoms with Crippen LogP contribution in [-0.2, 0) is 18.8 Å². The molecule has 0 atom stereocenters. The molecule has 0 saturated carbocycles. The maximum atomic E-state index is 13.2. The Labute approximate surface area is 132 Å². The van der Waals surface area contributed by atoms with Gasteiger partial charge < -0.3 is 4.57 Å². The predicted octanol–water partition coefficient (Wildman–Crippen LogP) is 4.81. The van der Waals surface area contributed by atoms with Crippen LogP contribution in [0.15, 0.2) is 42.5 Å². The van der Waals surface area contributed by atoms with E-state index in [0.717, 1.165) is 22.4 Å². The fourth-order valence-corrected chi connectivity index (χ4v) is 2.94. The van der Waals surface area contributed by atoms with Gasteiger partial charge in [-0.05, 0) is 36.2 Å². The normalized spacial score (nSPS) is 11.2. The zero-order valence-electron chi connectivity index (χ0n) is 11.2. The molecule has 0 aliphatic carbocycles. The Kier molecular flexibility index (Phi) is 4.13. The lowest BCUT2D eigenvalue weighted by Gasteiger charge is -2.09. The van der Waals surface area contributed by atoms with Crippen LogP contribution < -0.4 is 0 Å². The summed E-state index contributed by atoms with van der Waals surface area (Å²) in [7, 11) is 0. The molecule has 1 heterocycles. The number of benzene rings is 2. The molecule has 0 radical (unpaired) electrons. The summed E-state index contributed by atoms with van der Waals surface area (Å²) in [6.07, 6.45) is 0.693. The molecule has 0 bridgehead atoms. The standard InChI is InChI=1S/C16H13Cl2FN2/c17-10-15-20-14-6-2-5-13(18)16(14)21(15)8-7-11-3-1-4-12(19)9-11/h1-6,9H,7-8,10H2. The Hall–Kier alpha value is -1.58. The number of alkyl halides is 1. The zero-order chi connectivity index (χ0) is 14.8. The van der Waals surface area contributed by atoms with Gasteiger partial charge in [0.2, 0.25) is 0 Å². The summed E-state index contributed by atoms with van der Waals surface area (Å²) in [5.74, 6) is 0.864. The second-order valence-corrected chi connectivity index (χ2v) is 5.48. The van der Waals surface area contributed by atoms with Crippen molar-refractivity contribution in [3.8, 4) is 0 Å². The molecule has 0 saturated heterocycles. The minimum Gasteiger partial charge on any atom is -0.325 e. The van der Waals surface area contributed by atoms with Gasteiger partial charge in [-0.3, -0.25) is 0 Å². The number of nitrogens with zero attached hydrogens (tertiary/aromatic N) is 2. The van der Waals surface area contributed by atoms with Crippen molar-refractivity contribution in [3.05, 3.63) is 64.7 Å². The summed E-state index contributed by atoms with van der Waals surface area (Å²) in [6, 6.07) is 12.2. The van der Waals surface area contributed by atoms with E-state index in [1.54, 1.807) is 12.1 Å². The summed E-state index contributed by atoms with van der Waals surface area (Å²) >= 11 is 12.3. The molecule has 0 amide bonds. The van der Waals surface area contributed by atoms with Gasteiger partial charge >= 0.3 is 0 Å². The molecular weight excluding hydrogens is 310 g/mol. The maximum absolute atomic E-state index is 13.2. The molecule has 0 unspecified atom stereocenters. The average Bonchev–Trinajstić information content (AvgIpc) is 2.84. The largest absolute Gasteiger partial charge is 0.325 e. The molecule has 0 fully saturated rings. The fourth-order valence-electron chi connectivity index (χ4n) is 2.47. The summed E-state index contributed by atoms with van der Waals surface area (Å²) in [5.41, 5.74) is 2.65. The first-order valence-corrected chi connectivity index (χ1v) is 7.54. The van der Waals surface area contributed by atoms with E-state index in [0.29, 0.717) is 23.9 Å². The molecule has 2 nitrogen and oxygen atoms in total. The van der Waals surface area contributed by atoms with E-state index in [-0.39, 0.29) is 5.82 Å². The third kappa shape index (κ3) is 2.89. The summed E-state index contributed by atoms with van der Waals surface area (Å²) in [6.45, 7) is 0.658. The first-order valence-electron chi connectivity index (χ1n) is 6.63. The summed E-state index contributed by atoms with van der Waals surface area (Å²) < 4.78 is 15.2. The summed E-state index contributed by atoms with van der Waals surface area (Å²) in [5, 5.41) is 0.649. The van der Waals surface area contributed by atoms with Gasteiger partial charge in [0.25, 0.3) is 0 Å². The van der Waals surface area contributed by atoms with Gasteiger partial charge in [0.15, 0.2) is 0 Å². The van der Waals surface area contributed by atoms with E-state index in [9.17, 15) is 4.39 Å². The zero-order valence-corrected chi connectivity index (χ0v) is 12.7. The van der Waals surface area contributed by atoms with Gasteiger partial charge in [0, 0.05) is 6.54 Å². The second kappa shape index (κ2) is 6.04. The molecule has 0 spiro atoms. The van der Waals surface area contributed by atoms with E-state index < -0.39 is 0 Å². The Morgan fingerprint density at radius 2 is 1.95 bits per heavy atom. The highest BCUT2D eigenvalue weighted by molar-refractivity contribution is 6.35. The highest BCUT2D eigenvalue weighted by Crippen LogP contribution is 2.25. The van der Waals surface area contributed by atoms with Gasteiger partial charge in [-0.25, -0.2) is 9.37 Å². The minimum atomic E-state index is -0.224. The number of aromatic nitrogens is 2. The van der Waals surface area contributed by atoms with Gasteiger partial charge in [-0.1, -0.05) is 29.8 Å². The van der Waals surface area contributed by atoms with Crippen molar-refractivity contribution in [1.82, 2.24) is 9.55 Å². The van der Waals surface area contributed by atoms with Crippen molar-refractivity contribution >= 4 is 34.2 Å². The third-order valence-electron chi connectivity index (χ3n) is 3.43. The fraction of sp³-hybridized carbons (Fsp3) is 0.188. The number of halogens is 3.